The van der Waals surface area contributed by atoms with Gasteiger partial charge in [0.05, 0.1) is 31.0 Å². The molecule has 1 aromatic heterocycles. The zero-order valence-electron chi connectivity index (χ0n) is 13.2. The lowest BCUT2D eigenvalue weighted by Gasteiger charge is -2.16. The van der Waals surface area contributed by atoms with Crippen LogP contribution < -0.4 is 14.8 Å². The number of carbonyl (C=O) groups is 1. The summed E-state index contributed by atoms with van der Waals surface area (Å²) in [5, 5.41) is 2.98. The molecule has 0 aliphatic heterocycles. The molecule has 0 saturated carbocycles. The average Bonchev–Trinajstić information content (AvgIpc) is 2.94. The van der Waals surface area contributed by atoms with Crippen LogP contribution in [0.2, 0.25) is 0 Å². The van der Waals surface area contributed by atoms with E-state index in [1.165, 1.54) is 11.3 Å². The SMILES string of the molecule is CCOc1ccc([C@@H](C)NC(=O)c2scnc2C)cc1OC. The summed E-state index contributed by atoms with van der Waals surface area (Å²) in [7, 11) is 1.60. The molecule has 0 aliphatic carbocycles. The maximum absolute atomic E-state index is 12.2. The molecule has 0 spiro atoms. The number of aromatic nitrogens is 1. The van der Waals surface area contributed by atoms with Gasteiger partial charge in [0.1, 0.15) is 4.88 Å². The van der Waals surface area contributed by atoms with E-state index in [0.29, 0.717) is 23.0 Å². The molecule has 0 radical (unpaired) electrons. The van der Waals surface area contributed by atoms with Crippen molar-refractivity contribution in [1.82, 2.24) is 10.3 Å². The number of nitrogens with zero attached hydrogens (tertiary/aromatic N) is 1. The van der Waals surface area contributed by atoms with Gasteiger partial charge in [-0.05, 0) is 38.5 Å². The summed E-state index contributed by atoms with van der Waals surface area (Å²) in [6.45, 7) is 6.26. The molecule has 1 amide bonds. The number of benzene rings is 1. The van der Waals surface area contributed by atoms with Gasteiger partial charge in [0.25, 0.3) is 5.91 Å². The molecular formula is C16H20N2O3S. The third-order valence-electron chi connectivity index (χ3n) is 3.29. The number of methoxy groups -OCH3 is 1. The van der Waals surface area contributed by atoms with Gasteiger partial charge in [-0.3, -0.25) is 4.79 Å². The van der Waals surface area contributed by atoms with E-state index < -0.39 is 0 Å². The van der Waals surface area contributed by atoms with Crippen molar-refractivity contribution in [2.75, 3.05) is 13.7 Å². The lowest BCUT2D eigenvalue weighted by Crippen LogP contribution is -2.26. The minimum atomic E-state index is -0.140. The van der Waals surface area contributed by atoms with Gasteiger partial charge in [0, 0.05) is 0 Å². The minimum Gasteiger partial charge on any atom is -0.493 e. The molecule has 0 saturated heterocycles. The van der Waals surface area contributed by atoms with Crippen molar-refractivity contribution >= 4 is 17.2 Å². The van der Waals surface area contributed by atoms with Crippen LogP contribution in [0, 0.1) is 6.92 Å². The van der Waals surface area contributed by atoms with E-state index in [4.69, 9.17) is 9.47 Å². The Hall–Kier alpha value is -2.08. The number of amides is 1. The zero-order chi connectivity index (χ0) is 16.1. The average molecular weight is 320 g/mol. The van der Waals surface area contributed by atoms with E-state index in [0.717, 1.165) is 11.3 Å². The quantitative estimate of drug-likeness (QED) is 0.886. The molecule has 1 heterocycles. The fourth-order valence-electron chi connectivity index (χ4n) is 2.09. The molecule has 1 atom stereocenters. The summed E-state index contributed by atoms with van der Waals surface area (Å²) in [6, 6.07) is 5.53. The Kier molecular flexibility index (Phi) is 5.38. The molecule has 0 aliphatic rings. The van der Waals surface area contributed by atoms with Crippen molar-refractivity contribution in [2.45, 2.75) is 26.8 Å². The third-order valence-corrected chi connectivity index (χ3v) is 4.21. The fourth-order valence-corrected chi connectivity index (χ4v) is 2.80. The number of hydrogen-bond donors (Lipinski definition) is 1. The molecule has 118 valence electrons. The molecule has 22 heavy (non-hydrogen) atoms. The topological polar surface area (TPSA) is 60.5 Å². The highest BCUT2D eigenvalue weighted by molar-refractivity contribution is 7.11. The van der Waals surface area contributed by atoms with Gasteiger partial charge in [-0.15, -0.1) is 11.3 Å². The van der Waals surface area contributed by atoms with Crippen molar-refractivity contribution in [1.29, 1.82) is 0 Å². The van der Waals surface area contributed by atoms with Crippen molar-refractivity contribution < 1.29 is 14.3 Å². The van der Waals surface area contributed by atoms with Crippen LogP contribution in [0.4, 0.5) is 0 Å². The van der Waals surface area contributed by atoms with E-state index in [2.05, 4.69) is 10.3 Å². The summed E-state index contributed by atoms with van der Waals surface area (Å²) in [5.41, 5.74) is 3.38. The van der Waals surface area contributed by atoms with Crippen LogP contribution in [-0.2, 0) is 0 Å². The summed E-state index contributed by atoms with van der Waals surface area (Å²) in [6.07, 6.45) is 0. The molecule has 6 heteroatoms. The number of hydrogen-bond acceptors (Lipinski definition) is 5. The van der Waals surface area contributed by atoms with Gasteiger partial charge >= 0.3 is 0 Å². The largest absolute Gasteiger partial charge is 0.493 e. The Bertz CT molecular complexity index is 655. The normalized spacial score (nSPS) is 11.8. The lowest BCUT2D eigenvalue weighted by atomic mass is 10.1. The first kappa shape index (κ1) is 16.3. The van der Waals surface area contributed by atoms with Gasteiger partial charge in [-0.25, -0.2) is 4.98 Å². The second-order valence-corrected chi connectivity index (χ2v) is 5.66. The Balaban J connectivity index is 2.14. The maximum Gasteiger partial charge on any atom is 0.263 e. The van der Waals surface area contributed by atoms with Crippen LogP contribution in [0.15, 0.2) is 23.7 Å². The molecule has 1 aromatic carbocycles. The van der Waals surface area contributed by atoms with E-state index >= 15 is 0 Å². The molecule has 2 rings (SSSR count). The van der Waals surface area contributed by atoms with E-state index in [1.807, 2.05) is 39.0 Å². The fraction of sp³-hybridized carbons (Fsp3) is 0.375. The lowest BCUT2D eigenvalue weighted by molar-refractivity contribution is 0.0943. The Morgan fingerprint density at radius 2 is 2.18 bits per heavy atom. The number of nitrogens with one attached hydrogen (secondary N) is 1. The first-order valence-corrected chi connectivity index (χ1v) is 7.96. The van der Waals surface area contributed by atoms with Gasteiger partial charge in [-0.2, -0.15) is 0 Å². The van der Waals surface area contributed by atoms with E-state index in [1.54, 1.807) is 12.6 Å². The Labute approximate surface area is 134 Å². The monoisotopic (exact) mass is 320 g/mol. The summed E-state index contributed by atoms with van der Waals surface area (Å²) in [4.78, 5) is 17.0. The highest BCUT2D eigenvalue weighted by atomic mass is 32.1. The van der Waals surface area contributed by atoms with Crippen molar-refractivity contribution in [3.8, 4) is 11.5 Å². The molecule has 0 bridgehead atoms. The highest BCUT2D eigenvalue weighted by Gasteiger charge is 2.16. The Morgan fingerprint density at radius 3 is 2.77 bits per heavy atom. The molecule has 1 N–H and O–H groups in total. The zero-order valence-corrected chi connectivity index (χ0v) is 14.0. The van der Waals surface area contributed by atoms with Gasteiger partial charge in [0.15, 0.2) is 11.5 Å². The van der Waals surface area contributed by atoms with Gasteiger partial charge in [0.2, 0.25) is 0 Å². The molecular weight excluding hydrogens is 300 g/mol. The van der Waals surface area contributed by atoms with Gasteiger partial charge in [-0.1, -0.05) is 6.07 Å². The maximum atomic E-state index is 12.2. The predicted molar refractivity (Wildman–Crippen MR) is 86.9 cm³/mol. The van der Waals surface area contributed by atoms with Crippen molar-refractivity contribution in [3.05, 3.63) is 39.8 Å². The van der Waals surface area contributed by atoms with E-state index in [-0.39, 0.29) is 11.9 Å². The van der Waals surface area contributed by atoms with Crippen LogP contribution in [-0.4, -0.2) is 24.6 Å². The van der Waals surface area contributed by atoms with Crippen molar-refractivity contribution in [3.63, 3.8) is 0 Å². The first-order valence-electron chi connectivity index (χ1n) is 7.08. The van der Waals surface area contributed by atoms with Crippen LogP contribution in [0.1, 0.15) is 40.8 Å². The number of thiazole rings is 1. The third kappa shape index (κ3) is 3.57. The van der Waals surface area contributed by atoms with Crippen LogP contribution >= 0.6 is 11.3 Å². The second-order valence-electron chi connectivity index (χ2n) is 4.81. The summed E-state index contributed by atoms with van der Waals surface area (Å²) in [5.74, 6) is 1.25. The van der Waals surface area contributed by atoms with Gasteiger partial charge < -0.3 is 14.8 Å². The minimum absolute atomic E-state index is 0.111. The summed E-state index contributed by atoms with van der Waals surface area (Å²) >= 11 is 1.34. The number of rotatable bonds is 6. The van der Waals surface area contributed by atoms with Crippen LogP contribution in [0.3, 0.4) is 0 Å². The molecule has 2 aromatic rings. The number of carbonyl (C=O) groups excluding carboxylic acids is 1. The summed E-state index contributed by atoms with van der Waals surface area (Å²) < 4.78 is 10.8. The Morgan fingerprint density at radius 1 is 1.41 bits per heavy atom. The van der Waals surface area contributed by atoms with Crippen molar-refractivity contribution in [2.24, 2.45) is 0 Å². The first-order chi connectivity index (χ1) is 10.6. The highest BCUT2D eigenvalue weighted by Crippen LogP contribution is 2.30. The number of aryl methyl sites for hydroxylation is 1. The standard InChI is InChI=1S/C16H20N2O3S/c1-5-21-13-7-6-12(8-14(13)20-4)10(2)18-16(19)15-11(3)17-9-22-15/h6-10H,5H2,1-4H3,(H,18,19)/t10-/m1/s1. The molecule has 5 nitrogen and oxygen atoms in total. The molecule has 0 unspecified atom stereocenters. The molecule has 0 fully saturated rings. The number of ether oxygens (including phenoxy) is 2. The predicted octanol–water partition coefficient (Wildman–Crippen LogP) is 3.35. The van der Waals surface area contributed by atoms with E-state index in [9.17, 15) is 4.79 Å². The van der Waals surface area contributed by atoms with Crippen LogP contribution in [0.5, 0.6) is 11.5 Å². The van der Waals surface area contributed by atoms with Crippen LogP contribution in [0.25, 0.3) is 0 Å². The smallest absolute Gasteiger partial charge is 0.263 e. The second kappa shape index (κ2) is 7.26.